The van der Waals surface area contributed by atoms with Gasteiger partial charge in [-0.15, -0.1) is 0 Å². The Balaban J connectivity index is 1.78. The molecule has 1 N–H and O–H groups in total. The van der Waals surface area contributed by atoms with Gasteiger partial charge in [-0.2, -0.15) is 0 Å². The molecule has 0 unspecified atom stereocenters. The van der Waals surface area contributed by atoms with Crippen molar-refractivity contribution in [2.24, 2.45) is 0 Å². The van der Waals surface area contributed by atoms with E-state index in [4.69, 9.17) is 4.74 Å². The molecule has 0 aliphatic carbocycles. The number of amides is 2. The van der Waals surface area contributed by atoms with Crippen LogP contribution in [-0.2, 0) is 22.5 Å². The average Bonchev–Trinajstić information content (AvgIpc) is 2.74. The van der Waals surface area contributed by atoms with E-state index in [0.29, 0.717) is 18.8 Å². The molecular formula is C27H33N3O3. The van der Waals surface area contributed by atoms with Crippen molar-refractivity contribution >= 4 is 28.6 Å². The van der Waals surface area contributed by atoms with Crippen LogP contribution in [0, 0.1) is 13.8 Å². The monoisotopic (exact) mass is 447 g/mol. The van der Waals surface area contributed by atoms with Crippen molar-refractivity contribution in [3.8, 4) is 0 Å². The molecule has 0 aliphatic heterocycles. The highest BCUT2D eigenvalue weighted by molar-refractivity contribution is 5.94. The number of hydrogen-bond donors (Lipinski definition) is 1. The van der Waals surface area contributed by atoms with Crippen molar-refractivity contribution in [1.29, 1.82) is 0 Å². The fraction of sp³-hybridized carbons (Fsp3) is 0.370. The smallest absolute Gasteiger partial charge is 0.410 e. The third kappa shape index (κ3) is 6.09. The topological polar surface area (TPSA) is 71.5 Å². The third-order valence-electron chi connectivity index (χ3n) is 5.51. The van der Waals surface area contributed by atoms with Crippen molar-refractivity contribution in [3.63, 3.8) is 0 Å². The van der Waals surface area contributed by atoms with Crippen LogP contribution in [0.4, 0.5) is 10.5 Å². The van der Waals surface area contributed by atoms with E-state index >= 15 is 0 Å². The lowest BCUT2D eigenvalue weighted by Gasteiger charge is -2.27. The zero-order valence-electron chi connectivity index (χ0n) is 20.4. The molecule has 2 aromatic carbocycles. The highest BCUT2D eigenvalue weighted by Crippen LogP contribution is 2.24. The van der Waals surface area contributed by atoms with E-state index < -0.39 is 5.60 Å². The molecule has 6 nitrogen and oxygen atoms in total. The predicted molar refractivity (Wildman–Crippen MR) is 132 cm³/mol. The Morgan fingerprint density at radius 3 is 2.39 bits per heavy atom. The number of carbonyl (C=O) groups is 2. The summed E-state index contributed by atoms with van der Waals surface area (Å²) in [5, 5.41) is 4.09. The van der Waals surface area contributed by atoms with Gasteiger partial charge in [0, 0.05) is 23.3 Å². The zero-order chi connectivity index (χ0) is 24.2. The number of nitrogens with zero attached hydrogens (tertiary/aromatic N) is 2. The third-order valence-corrected chi connectivity index (χ3v) is 5.51. The minimum Gasteiger partial charge on any atom is -0.444 e. The molecule has 0 fully saturated rings. The number of rotatable bonds is 6. The molecule has 3 rings (SSSR count). The van der Waals surface area contributed by atoms with Crippen LogP contribution in [0.2, 0.25) is 0 Å². The van der Waals surface area contributed by atoms with E-state index in [0.717, 1.165) is 33.3 Å². The van der Waals surface area contributed by atoms with Crippen molar-refractivity contribution in [3.05, 3.63) is 70.9 Å². The first kappa shape index (κ1) is 24.2. The number of fused-ring (bicyclic) bond motifs is 1. The summed E-state index contributed by atoms with van der Waals surface area (Å²) < 4.78 is 5.52. The van der Waals surface area contributed by atoms with Crippen LogP contribution in [0.15, 0.2) is 48.5 Å². The number of hydrogen-bond acceptors (Lipinski definition) is 4. The van der Waals surface area contributed by atoms with Crippen LogP contribution in [-0.4, -0.2) is 34.0 Å². The Morgan fingerprint density at radius 2 is 1.70 bits per heavy atom. The average molecular weight is 448 g/mol. The summed E-state index contributed by atoms with van der Waals surface area (Å²) in [4.78, 5) is 31.9. The Kier molecular flexibility index (Phi) is 7.36. The summed E-state index contributed by atoms with van der Waals surface area (Å²) in [6.07, 6.45) is -0.146. The first-order chi connectivity index (χ1) is 15.6. The van der Waals surface area contributed by atoms with Crippen LogP contribution in [0.25, 0.3) is 10.9 Å². The van der Waals surface area contributed by atoms with Gasteiger partial charge < -0.3 is 15.0 Å². The maximum absolute atomic E-state index is 13.0. The van der Waals surface area contributed by atoms with E-state index in [1.165, 1.54) is 0 Å². The SMILES string of the molecule is CCN(Cc1ccccc1NC(=O)Cc1c(C)nc2ccccc2c1C)C(=O)OC(C)(C)C. The predicted octanol–water partition coefficient (Wildman–Crippen LogP) is 5.79. The van der Waals surface area contributed by atoms with Crippen LogP contribution in [0.3, 0.4) is 0 Å². The summed E-state index contributed by atoms with van der Waals surface area (Å²) in [6, 6.07) is 15.5. The normalized spacial score (nSPS) is 11.3. The number of anilines is 1. The standard InChI is InChI=1S/C27H33N3O3/c1-7-30(26(32)33-27(4,5)6)17-20-12-8-10-14-23(20)29-25(31)16-22-18(2)21-13-9-11-15-24(21)28-19(22)3/h8-15H,7,16-17H2,1-6H3,(H,29,31). The lowest BCUT2D eigenvalue weighted by atomic mass is 9.99. The minimum absolute atomic E-state index is 0.119. The second-order valence-electron chi connectivity index (χ2n) is 9.19. The molecule has 3 aromatic rings. The number of benzene rings is 2. The Bertz CT molecular complexity index is 1160. The summed E-state index contributed by atoms with van der Waals surface area (Å²) in [5.74, 6) is -0.119. The molecule has 2 amide bonds. The van der Waals surface area contributed by atoms with E-state index in [-0.39, 0.29) is 18.4 Å². The molecule has 0 atom stereocenters. The van der Waals surface area contributed by atoms with Crippen molar-refractivity contribution in [2.75, 3.05) is 11.9 Å². The number of aromatic nitrogens is 1. The number of para-hydroxylation sites is 2. The lowest BCUT2D eigenvalue weighted by molar-refractivity contribution is -0.115. The van der Waals surface area contributed by atoms with Gasteiger partial charge in [-0.05, 0) is 70.4 Å². The van der Waals surface area contributed by atoms with Gasteiger partial charge in [-0.25, -0.2) is 4.79 Å². The molecule has 0 saturated carbocycles. The van der Waals surface area contributed by atoms with Gasteiger partial charge in [-0.3, -0.25) is 9.78 Å². The first-order valence-electron chi connectivity index (χ1n) is 11.3. The summed E-state index contributed by atoms with van der Waals surface area (Å²) in [5.41, 5.74) is 4.77. The maximum atomic E-state index is 13.0. The van der Waals surface area contributed by atoms with E-state index in [1.54, 1.807) is 4.90 Å². The number of ether oxygens (including phenoxy) is 1. The number of carbonyl (C=O) groups excluding carboxylic acids is 2. The van der Waals surface area contributed by atoms with E-state index in [9.17, 15) is 9.59 Å². The number of aryl methyl sites for hydroxylation is 2. The van der Waals surface area contributed by atoms with E-state index in [1.807, 2.05) is 90.1 Å². The van der Waals surface area contributed by atoms with Crippen molar-refractivity contribution in [1.82, 2.24) is 9.88 Å². The van der Waals surface area contributed by atoms with Crippen molar-refractivity contribution in [2.45, 2.75) is 60.1 Å². The fourth-order valence-corrected chi connectivity index (χ4v) is 3.80. The molecule has 6 heteroatoms. The van der Waals surface area contributed by atoms with Gasteiger partial charge in [0.05, 0.1) is 18.5 Å². The number of pyridine rings is 1. The molecule has 0 aliphatic rings. The van der Waals surface area contributed by atoms with Gasteiger partial charge in [-0.1, -0.05) is 36.4 Å². The molecule has 0 spiro atoms. The van der Waals surface area contributed by atoms with E-state index in [2.05, 4.69) is 10.3 Å². The van der Waals surface area contributed by atoms with Crippen LogP contribution < -0.4 is 5.32 Å². The second-order valence-corrected chi connectivity index (χ2v) is 9.19. The summed E-state index contributed by atoms with van der Waals surface area (Å²) >= 11 is 0. The molecular weight excluding hydrogens is 414 g/mol. The Hall–Kier alpha value is -3.41. The van der Waals surface area contributed by atoms with Gasteiger partial charge >= 0.3 is 6.09 Å². The van der Waals surface area contributed by atoms with Gasteiger partial charge in [0.2, 0.25) is 5.91 Å². The zero-order valence-corrected chi connectivity index (χ0v) is 20.4. The second kappa shape index (κ2) is 10.0. The Labute approximate surface area is 196 Å². The van der Waals surface area contributed by atoms with Crippen LogP contribution in [0.1, 0.15) is 50.1 Å². The first-order valence-corrected chi connectivity index (χ1v) is 11.3. The molecule has 1 aromatic heterocycles. The molecule has 0 bridgehead atoms. The quantitative estimate of drug-likeness (QED) is 0.519. The molecule has 1 heterocycles. The Morgan fingerprint density at radius 1 is 1.03 bits per heavy atom. The van der Waals surface area contributed by atoms with Crippen LogP contribution in [0.5, 0.6) is 0 Å². The highest BCUT2D eigenvalue weighted by Gasteiger charge is 2.22. The fourth-order valence-electron chi connectivity index (χ4n) is 3.80. The molecule has 0 saturated heterocycles. The summed E-state index contributed by atoms with van der Waals surface area (Å²) in [7, 11) is 0. The highest BCUT2D eigenvalue weighted by atomic mass is 16.6. The number of nitrogens with one attached hydrogen (secondary N) is 1. The van der Waals surface area contributed by atoms with Gasteiger partial charge in [0.25, 0.3) is 0 Å². The van der Waals surface area contributed by atoms with Crippen molar-refractivity contribution < 1.29 is 14.3 Å². The molecule has 0 radical (unpaired) electrons. The largest absolute Gasteiger partial charge is 0.444 e. The lowest BCUT2D eigenvalue weighted by Crippen LogP contribution is -2.36. The molecule has 174 valence electrons. The summed E-state index contributed by atoms with van der Waals surface area (Å²) in [6.45, 7) is 12.3. The maximum Gasteiger partial charge on any atom is 0.410 e. The van der Waals surface area contributed by atoms with Gasteiger partial charge in [0.15, 0.2) is 0 Å². The van der Waals surface area contributed by atoms with Crippen LogP contribution >= 0.6 is 0 Å². The van der Waals surface area contributed by atoms with Gasteiger partial charge in [0.1, 0.15) is 5.60 Å². The minimum atomic E-state index is -0.568. The molecule has 33 heavy (non-hydrogen) atoms.